The molecule has 0 aliphatic carbocycles. The van der Waals surface area contributed by atoms with Crippen LogP contribution in [-0.2, 0) is 0 Å². The van der Waals surface area contributed by atoms with Gasteiger partial charge in [0.15, 0.2) is 0 Å². The summed E-state index contributed by atoms with van der Waals surface area (Å²) in [6, 6.07) is 6.63. The highest BCUT2D eigenvalue weighted by molar-refractivity contribution is 6.31. The minimum atomic E-state index is 0.576. The zero-order chi connectivity index (χ0) is 12.0. The molecule has 1 rings (SSSR count). The van der Waals surface area contributed by atoms with Crippen LogP contribution in [0, 0.1) is 6.92 Å². The maximum Gasteiger partial charge on any atom is 0.0455 e. The maximum absolute atomic E-state index is 6.11. The monoisotopic (exact) mass is 239 g/mol. The van der Waals surface area contributed by atoms with Gasteiger partial charge < -0.3 is 5.32 Å². The molecule has 0 saturated heterocycles. The summed E-state index contributed by atoms with van der Waals surface area (Å²) >= 11 is 6.11. The third-order valence-electron chi connectivity index (χ3n) is 2.90. The molecule has 0 aromatic heterocycles. The molecule has 1 N–H and O–H groups in total. The third kappa shape index (κ3) is 3.71. The second-order valence-electron chi connectivity index (χ2n) is 4.33. The van der Waals surface area contributed by atoms with E-state index in [1.54, 1.807) is 0 Å². The van der Waals surface area contributed by atoms with Crippen LogP contribution in [0.25, 0.3) is 0 Å². The first-order valence-electron chi connectivity index (χ1n) is 6.20. The number of rotatable bonds is 6. The summed E-state index contributed by atoms with van der Waals surface area (Å²) in [5, 5.41) is 4.45. The Kier molecular flexibility index (Phi) is 5.68. The Morgan fingerprint density at radius 2 is 1.81 bits per heavy atom. The number of hydrogen-bond acceptors (Lipinski definition) is 1. The van der Waals surface area contributed by atoms with Crippen molar-refractivity contribution in [3.63, 3.8) is 0 Å². The lowest BCUT2D eigenvalue weighted by atomic mass is 10.1. The van der Waals surface area contributed by atoms with Crippen molar-refractivity contribution in [1.82, 2.24) is 0 Å². The number of benzene rings is 1. The third-order valence-corrected chi connectivity index (χ3v) is 3.31. The molecule has 0 unspecified atom stereocenters. The van der Waals surface area contributed by atoms with Crippen LogP contribution >= 0.6 is 11.6 Å². The van der Waals surface area contributed by atoms with E-state index in [0.717, 1.165) is 10.6 Å². The fraction of sp³-hybridized carbons (Fsp3) is 0.571. The fourth-order valence-corrected chi connectivity index (χ4v) is 2.14. The highest BCUT2D eigenvalue weighted by atomic mass is 35.5. The van der Waals surface area contributed by atoms with Gasteiger partial charge in [-0.3, -0.25) is 0 Å². The topological polar surface area (TPSA) is 12.0 Å². The second-order valence-corrected chi connectivity index (χ2v) is 4.74. The predicted octanol–water partition coefficient (Wildman–Crippen LogP) is 5.03. The van der Waals surface area contributed by atoms with Crippen molar-refractivity contribution in [3.05, 3.63) is 28.8 Å². The predicted molar refractivity (Wildman–Crippen MR) is 73.4 cm³/mol. The van der Waals surface area contributed by atoms with Gasteiger partial charge in [-0.2, -0.15) is 0 Å². The van der Waals surface area contributed by atoms with Gasteiger partial charge in [0.25, 0.3) is 0 Å². The Balaban J connectivity index is 2.72. The van der Waals surface area contributed by atoms with Crippen molar-refractivity contribution < 1.29 is 0 Å². The van der Waals surface area contributed by atoms with Crippen molar-refractivity contribution in [3.8, 4) is 0 Å². The Morgan fingerprint density at radius 3 is 2.38 bits per heavy atom. The van der Waals surface area contributed by atoms with Crippen LogP contribution < -0.4 is 5.32 Å². The largest absolute Gasteiger partial charge is 0.382 e. The van der Waals surface area contributed by atoms with E-state index in [2.05, 4.69) is 32.2 Å². The second kappa shape index (κ2) is 6.80. The van der Waals surface area contributed by atoms with E-state index in [0.29, 0.717) is 6.04 Å². The van der Waals surface area contributed by atoms with Gasteiger partial charge in [0.2, 0.25) is 0 Å². The molecule has 0 amide bonds. The zero-order valence-electron chi connectivity index (χ0n) is 10.5. The molecule has 0 saturated carbocycles. The van der Waals surface area contributed by atoms with Gasteiger partial charge in [-0.25, -0.2) is 0 Å². The molecule has 0 atom stereocenters. The van der Waals surface area contributed by atoms with E-state index in [1.165, 1.54) is 31.4 Å². The standard InChI is InChI=1S/C14H22ClN/c1-4-7-12(8-5-2)16-14-10-6-9-13(15)11(14)3/h6,9-10,12,16H,4-5,7-8H2,1-3H3. The summed E-state index contributed by atoms with van der Waals surface area (Å²) < 4.78 is 0. The quantitative estimate of drug-likeness (QED) is 0.734. The molecule has 0 heterocycles. The number of nitrogens with one attached hydrogen (secondary N) is 1. The minimum Gasteiger partial charge on any atom is -0.382 e. The minimum absolute atomic E-state index is 0.576. The molecule has 0 radical (unpaired) electrons. The summed E-state index contributed by atoms with van der Waals surface area (Å²) in [5.74, 6) is 0. The number of hydrogen-bond donors (Lipinski definition) is 1. The van der Waals surface area contributed by atoms with E-state index in [1.807, 2.05) is 12.1 Å². The molecule has 0 aliphatic heterocycles. The lowest BCUT2D eigenvalue weighted by Gasteiger charge is -2.20. The molecule has 0 bridgehead atoms. The Hall–Kier alpha value is -0.690. The van der Waals surface area contributed by atoms with Crippen molar-refractivity contribution in [2.75, 3.05) is 5.32 Å². The normalized spacial score (nSPS) is 10.8. The fourth-order valence-electron chi connectivity index (χ4n) is 1.97. The molecule has 0 fully saturated rings. The average molecular weight is 240 g/mol. The molecular weight excluding hydrogens is 218 g/mol. The Morgan fingerprint density at radius 1 is 1.19 bits per heavy atom. The molecule has 16 heavy (non-hydrogen) atoms. The van der Waals surface area contributed by atoms with Crippen LogP contribution in [-0.4, -0.2) is 6.04 Å². The summed E-state index contributed by atoms with van der Waals surface area (Å²) in [4.78, 5) is 0. The molecular formula is C14H22ClN. The molecule has 2 heteroatoms. The van der Waals surface area contributed by atoms with E-state index in [4.69, 9.17) is 11.6 Å². The molecule has 1 nitrogen and oxygen atoms in total. The van der Waals surface area contributed by atoms with Crippen LogP contribution in [0.4, 0.5) is 5.69 Å². The number of halogens is 1. The van der Waals surface area contributed by atoms with Gasteiger partial charge in [-0.05, 0) is 37.5 Å². The van der Waals surface area contributed by atoms with Gasteiger partial charge in [0, 0.05) is 16.8 Å². The molecule has 1 aromatic carbocycles. The van der Waals surface area contributed by atoms with Crippen molar-refractivity contribution in [2.45, 2.75) is 52.5 Å². The summed E-state index contributed by atoms with van der Waals surface area (Å²) in [6.07, 6.45) is 4.88. The van der Waals surface area contributed by atoms with Gasteiger partial charge in [0.05, 0.1) is 0 Å². The summed E-state index contributed by atoms with van der Waals surface area (Å²) in [7, 11) is 0. The van der Waals surface area contributed by atoms with Gasteiger partial charge in [-0.1, -0.05) is 44.4 Å². The first-order valence-corrected chi connectivity index (χ1v) is 6.58. The Bertz CT molecular complexity index is 317. The van der Waals surface area contributed by atoms with Crippen LogP contribution in [0.2, 0.25) is 5.02 Å². The van der Waals surface area contributed by atoms with Crippen LogP contribution in [0.1, 0.15) is 45.1 Å². The SMILES string of the molecule is CCCC(CCC)Nc1cccc(Cl)c1C. The smallest absolute Gasteiger partial charge is 0.0455 e. The molecule has 90 valence electrons. The van der Waals surface area contributed by atoms with Crippen molar-refractivity contribution in [1.29, 1.82) is 0 Å². The molecule has 1 aromatic rings. The summed E-state index contributed by atoms with van der Waals surface area (Å²) in [5.41, 5.74) is 2.33. The van der Waals surface area contributed by atoms with E-state index in [9.17, 15) is 0 Å². The zero-order valence-corrected chi connectivity index (χ0v) is 11.3. The van der Waals surface area contributed by atoms with Gasteiger partial charge in [0.1, 0.15) is 0 Å². The van der Waals surface area contributed by atoms with E-state index < -0.39 is 0 Å². The molecule has 0 spiro atoms. The van der Waals surface area contributed by atoms with Crippen LogP contribution in [0.15, 0.2) is 18.2 Å². The highest BCUT2D eigenvalue weighted by Crippen LogP contribution is 2.24. The summed E-state index contributed by atoms with van der Waals surface area (Å²) in [6.45, 7) is 6.53. The average Bonchev–Trinajstić information content (AvgIpc) is 2.25. The van der Waals surface area contributed by atoms with E-state index in [-0.39, 0.29) is 0 Å². The van der Waals surface area contributed by atoms with Crippen LogP contribution in [0.5, 0.6) is 0 Å². The van der Waals surface area contributed by atoms with Crippen molar-refractivity contribution >= 4 is 17.3 Å². The molecule has 0 aliphatic rings. The first kappa shape index (κ1) is 13.4. The highest BCUT2D eigenvalue weighted by Gasteiger charge is 2.08. The lowest BCUT2D eigenvalue weighted by Crippen LogP contribution is -2.19. The van der Waals surface area contributed by atoms with Crippen molar-refractivity contribution in [2.24, 2.45) is 0 Å². The van der Waals surface area contributed by atoms with Crippen LogP contribution in [0.3, 0.4) is 0 Å². The van der Waals surface area contributed by atoms with E-state index >= 15 is 0 Å². The van der Waals surface area contributed by atoms with Gasteiger partial charge >= 0.3 is 0 Å². The Labute approximate surface area is 104 Å². The lowest BCUT2D eigenvalue weighted by molar-refractivity contribution is 0.586. The first-order chi connectivity index (χ1) is 7.69. The maximum atomic E-state index is 6.11. The number of anilines is 1. The van der Waals surface area contributed by atoms with Gasteiger partial charge in [-0.15, -0.1) is 0 Å².